The molecule has 2 aromatic heterocycles. The molecule has 17 heavy (non-hydrogen) atoms. The van der Waals surface area contributed by atoms with E-state index in [9.17, 15) is 0 Å². The molecule has 0 aliphatic heterocycles. The molecule has 0 atom stereocenters. The molecule has 2 heterocycles. The summed E-state index contributed by atoms with van der Waals surface area (Å²) in [5.74, 6) is 0. The Kier molecular flexibility index (Phi) is 3.80. The molecule has 5 heteroatoms. The van der Waals surface area contributed by atoms with Gasteiger partial charge in [0.2, 0.25) is 0 Å². The van der Waals surface area contributed by atoms with Gasteiger partial charge in [-0.25, -0.2) is 0 Å². The molecular formula is C12H19N5. The van der Waals surface area contributed by atoms with E-state index in [0.29, 0.717) is 0 Å². The van der Waals surface area contributed by atoms with Gasteiger partial charge in [0, 0.05) is 25.5 Å². The van der Waals surface area contributed by atoms with Crippen molar-refractivity contribution in [3.05, 3.63) is 30.4 Å². The molecule has 0 aliphatic rings. The Morgan fingerprint density at radius 1 is 1.29 bits per heavy atom. The fourth-order valence-electron chi connectivity index (χ4n) is 1.74. The summed E-state index contributed by atoms with van der Waals surface area (Å²) < 4.78 is 3.95. The number of aryl methyl sites for hydroxylation is 2. The predicted octanol–water partition coefficient (Wildman–Crippen LogP) is 2.12. The van der Waals surface area contributed by atoms with Crippen LogP contribution in [0, 0.1) is 0 Å². The molecule has 92 valence electrons. The average molecular weight is 233 g/mol. The van der Waals surface area contributed by atoms with Crippen LogP contribution in [0.15, 0.2) is 24.7 Å². The molecule has 0 saturated carbocycles. The molecule has 0 radical (unpaired) electrons. The normalized spacial score (nSPS) is 10.7. The summed E-state index contributed by atoms with van der Waals surface area (Å²) in [5, 5.41) is 11.9. The standard InChI is InChI=1S/C12H19N5/c1-3-7-17-12(5-6-14-17)9-13-11-8-15-16(4-2)10-11/h5-6,8,10,13H,3-4,7,9H2,1-2H3. The monoisotopic (exact) mass is 233 g/mol. The molecule has 0 fully saturated rings. The van der Waals surface area contributed by atoms with Crippen LogP contribution in [-0.4, -0.2) is 19.6 Å². The SMILES string of the molecule is CCCn1nccc1CNc1cnn(CC)c1. The second kappa shape index (κ2) is 5.52. The molecular weight excluding hydrogens is 214 g/mol. The van der Waals surface area contributed by atoms with E-state index in [0.717, 1.165) is 31.7 Å². The Balaban J connectivity index is 1.94. The Hall–Kier alpha value is -1.78. The number of hydrogen-bond acceptors (Lipinski definition) is 3. The highest BCUT2D eigenvalue weighted by Gasteiger charge is 2.02. The highest BCUT2D eigenvalue weighted by Crippen LogP contribution is 2.08. The molecule has 2 aromatic rings. The van der Waals surface area contributed by atoms with Crippen LogP contribution in [0.25, 0.3) is 0 Å². The third-order valence-electron chi connectivity index (χ3n) is 2.67. The number of aromatic nitrogens is 4. The zero-order valence-corrected chi connectivity index (χ0v) is 10.4. The van der Waals surface area contributed by atoms with Crippen molar-refractivity contribution >= 4 is 5.69 Å². The van der Waals surface area contributed by atoms with Crippen LogP contribution in [0.2, 0.25) is 0 Å². The van der Waals surface area contributed by atoms with Gasteiger partial charge in [-0.15, -0.1) is 0 Å². The van der Waals surface area contributed by atoms with Gasteiger partial charge in [-0.1, -0.05) is 6.92 Å². The van der Waals surface area contributed by atoms with Crippen molar-refractivity contribution in [2.45, 2.75) is 39.9 Å². The van der Waals surface area contributed by atoms with E-state index >= 15 is 0 Å². The summed E-state index contributed by atoms with van der Waals surface area (Å²) in [6, 6.07) is 2.05. The molecule has 0 saturated heterocycles. The molecule has 0 amide bonds. The van der Waals surface area contributed by atoms with Gasteiger partial charge < -0.3 is 5.32 Å². The van der Waals surface area contributed by atoms with Gasteiger partial charge in [-0.05, 0) is 19.4 Å². The van der Waals surface area contributed by atoms with Crippen LogP contribution >= 0.6 is 0 Å². The van der Waals surface area contributed by atoms with Crippen LogP contribution in [0.4, 0.5) is 5.69 Å². The van der Waals surface area contributed by atoms with Gasteiger partial charge in [0.15, 0.2) is 0 Å². The maximum Gasteiger partial charge on any atom is 0.0729 e. The molecule has 5 nitrogen and oxygen atoms in total. The Morgan fingerprint density at radius 3 is 2.88 bits per heavy atom. The average Bonchev–Trinajstić information content (AvgIpc) is 2.95. The number of hydrogen-bond donors (Lipinski definition) is 1. The summed E-state index contributed by atoms with van der Waals surface area (Å²) in [7, 11) is 0. The van der Waals surface area contributed by atoms with Crippen molar-refractivity contribution in [1.82, 2.24) is 19.6 Å². The summed E-state index contributed by atoms with van der Waals surface area (Å²) in [6.45, 7) is 6.89. The van der Waals surface area contributed by atoms with Crippen molar-refractivity contribution in [3.8, 4) is 0 Å². The van der Waals surface area contributed by atoms with Gasteiger partial charge in [0.05, 0.1) is 24.1 Å². The van der Waals surface area contributed by atoms with Crippen LogP contribution in [-0.2, 0) is 19.6 Å². The largest absolute Gasteiger partial charge is 0.377 e. The van der Waals surface area contributed by atoms with Gasteiger partial charge in [0.1, 0.15) is 0 Å². The first-order valence-electron chi connectivity index (χ1n) is 6.10. The molecule has 0 spiro atoms. The third kappa shape index (κ3) is 2.87. The highest BCUT2D eigenvalue weighted by atomic mass is 15.3. The van der Waals surface area contributed by atoms with Crippen LogP contribution in [0.1, 0.15) is 26.0 Å². The smallest absolute Gasteiger partial charge is 0.0729 e. The maximum absolute atomic E-state index is 4.30. The first-order valence-corrected chi connectivity index (χ1v) is 6.10. The van der Waals surface area contributed by atoms with Crippen LogP contribution < -0.4 is 5.32 Å². The third-order valence-corrected chi connectivity index (χ3v) is 2.67. The number of anilines is 1. The van der Waals surface area contributed by atoms with E-state index in [1.54, 1.807) is 0 Å². The van der Waals surface area contributed by atoms with Gasteiger partial charge >= 0.3 is 0 Å². The summed E-state index contributed by atoms with van der Waals surface area (Å²) in [5.41, 5.74) is 2.26. The van der Waals surface area contributed by atoms with Gasteiger partial charge in [-0.3, -0.25) is 9.36 Å². The quantitative estimate of drug-likeness (QED) is 0.831. The van der Waals surface area contributed by atoms with Gasteiger partial charge in [0.25, 0.3) is 0 Å². The Bertz CT molecular complexity index is 457. The molecule has 0 bridgehead atoms. The highest BCUT2D eigenvalue weighted by molar-refractivity contribution is 5.38. The minimum atomic E-state index is 0.787. The van der Waals surface area contributed by atoms with E-state index in [4.69, 9.17) is 0 Å². The van der Waals surface area contributed by atoms with Crippen LogP contribution in [0.5, 0.6) is 0 Å². The first kappa shape index (κ1) is 11.7. The lowest BCUT2D eigenvalue weighted by Gasteiger charge is -2.06. The van der Waals surface area contributed by atoms with E-state index in [1.807, 2.05) is 34.0 Å². The van der Waals surface area contributed by atoms with E-state index in [2.05, 4.69) is 29.4 Å². The van der Waals surface area contributed by atoms with E-state index < -0.39 is 0 Å². The Labute approximate surface area is 101 Å². The van der Waals surface area contributed by atoms with E-state index in [1.165, 1.54) is 5.69 Å². The molecule has 0 unspecified atom stereocenters. The number of rotatable bonds is 6. The minimum Gasteiger partial charge on any atom is -0.377 e. The zero-order chi connectivity index (χ0) is 12.1. The molecule has 0 aromatic carbocycles. The lowest BCUT2D eigenvalue weighted by molar-refractivity contribution is 0.578. The second-order valence-electron chi connectivity index (χ2n) is 3.98. The summed E-state index contributed by atoms with van der Waals surface area (Å²) in [6.07, 6.45) is 6.81. The van der Waals surface area contributed by atoms with Crippen molar-refractivity contribution in [1.29, 1.82) is 0 Å². The predicted molar refractivity (Wildman–Crippen MR) is 67.7 cm³/mol. The number of nitrogens with zero attached hydrogens (tertiary/aromatic N) is 4. The van der Waals surface area contributed by atoms with E-state index in [-0.39, 0.29) is 0 Å². The van der Waals surface area contributed by atoms with Gasteiger partial charge in [-0.2, -0.15) is 10.2 Å². The molecule has 2 rings (SSSR count). The second-order valence-corrected chi connectivity index (χ2v) is 3.98. The fraction of sp³-hybridized carbons (Fsp3) is 0.500. The van der Waals surface area contributed by atoms with Crippen molar-refractivity contribution in [2.75, 3.05) is 5.32 Å². The molecule has 0 aliphatic carbocycles. The fourth-order valence-corrected chi connectivity index (χ4v) is 1.74. The van der Waals surface area contributed by atoms with Crippen molar-refractivity contribution in [2.24, 2.45) is 0 Å². The summed E-state index contributed by atoms with van der Waals surface area (Å²) >= 11 is 0. The first-order chi connectivity index (χ1) is 8.33. The summed E-state index contributed by atoms with van der Waals surface area (Å²) in [4.78, 5) is 0. The lowest BCUT2D eigenvalue weighted by atomic mass is 10.4. The maximum atomic E-state index is 4.30. The number of nitrogens with one attached hydrogen (secondary N) is 1. The van der Waals surface area contributed by atoms with Crippen molar-refractivity contribution < 1.29 is 0 Å². The zero-order valence-electron chi connectivity index (χ0n) is 10.4. The Morgan fingerprint density at radius 2 is 2.18 bits per heavy atom. The topological polar surface area (TPSA) is 47.7 Å². The minimum absolute atomic E-state index is 0.787. The van der Waals surface area contributed by atoms with Crippen molar-refractivity contribution in [3.63, 3.8) is 0 Å². The lowest BCUT2D eigenvalue weighted by Crippen LogP contribution is -2.08. The molecule has 1 N–H and O–H groups in total. The van der Waals surface area contributed by atoms with Crippen LogP contribution in [0.3, 0.4) is 0 Å².